The second-order valence-corrected chi connectivity index (χ2v) is 8.53. The van der Waals surface area contributed by atoms with Gasteiger partial charge in [0.1, 0.15) is 18.5 Å². The van der Waals surface area contributed by atoms with E-state index < -0.39 is 0 Å². The van der Waals surface area contributed by atoms with Crippen LogP contribution in [0.4, 0.5) is 16.2 Å². The van der Waals surface area contributed by atoms with Gasteiger partial charge in [-0.25, -0.2) is 9.78 Å². The highest BCUT2D eigenvalue weighted by Crippen LogP contribution is 2.21. The number of benzene rings is 2. The number of hydrogen-bond donors (Lipinski definition) is 1. The molecular weight excluding hydrogens is 412 g/mol. The molecule has 2 aromatic carbocycles. The molecule has 1 saturated heterocycles. The van der Waals surface area contributed by atoms with Crippen molar-refractivity contribution in [2.45, 2.75) is 6.92 Å². The Morgan fingerprint density at radius 2 is 1.81 bits per heavy atom. The molecule has 4 rings (SSSR count). The van der Waals surface area contributed by atoms with Gasteiger partial charge in [-0.05, 0) is 31.2 Å². The molecule has 1 N–H and O–H groups in total. The van der Waals surface area contributed by atoms with E-state index >= 15 is 0 Å². The van der Waals surface area contributed by atoms with E-state index in [1.807, 2.05) is 72.1 Å². The highest BCUT2D eigenvalue weighted by atomic mass is 32.2. The minimum atomic E-state index is -0.255. The summed E-state index contributed by atoms with van der Waals surface area (Å²) in [5.41, 5.74) is 4.09. The maximum atomic E-state index is 13.2. The molecule has 0 bridgehead atoms. The fraction of sp³-hybridized carbons (Fsp3) is 0.261. The lowest BCUT2D eigenvalue weighted by Crippen LogP contribution is -2.49. The van der Waals surface area contributed by atoms with Crippen molar-refractivity contribution in [1.82, 2.24) is 9.88 Å². The van der Waals surface area contributed by atoms with Gasteiger partial charge in [0.25, 0.3) is 0 Å². The number of amides is 3. The molecule has 1 aliphatic heterocycles. The first-order valence-electron chi connectivity index (χ1n) is 10.1. The van der Waals surface area contributed by atoms with Crippen LogP contribution in [0.1, 0.15) is 5.56 Å². The molecule has 0 atom stereocenters. The fourth-order valence-corrected chi connectivity index (χ4v) is 4.25. The Labute approximate surface area is 185 Å². The summed E-state index contributed by atoms with van der Waals surface area (Å²) < 4.78 is 5.01. The van der Waals surface area contributed by atoms with Gasteiger partial charge < -0.3 is 14.6 Å². The Morgan fingerprint density at radius 1 is 1.10 bits per heavy atom. The first-order valence-corrected chi connectivity index (χ1v) is 11.2. The van der Waals surface area contributed by atoms with Crippen LogP contribution in [0.15, 0.2) is 65.6 Å². The minimum absolute atomic E-state index is 0.0590. The first kappa shape index (κ1) is 21.0. The van der Waals surface area contributed by atoms with E-state index in [0.29, 0.717) is 24.5 Å². The predicted octanol–water partition coefficient (Wildman–Crippen LogP) is 4.26. The monoisotopic (exact) mass is 436 g/mol. The van der Waals surface area contributed by atoms with Crippen LogP contribution < -0.4 is 10.2 Å². The van der Waals surface area contributed by atoms with Crippen LogP contribution in [0.5, 0.6) is 0 Å². The molecule has 160 valence electrons. The van der Waals surface area contributed by atoms with Gasteiger partial charge in [-0.2, -0.15) is 11.8 Å². The van der Waals surface area contributed by atoms with Crippen molar-refractivity contribution in [2.75, 3.05) is 41.4 Å². The number of rotatable bonds is 5. The fourth-order valence-electron chi connectivity index (χ4n) is 3.34. The summed E-state index contributed by atoms with van der Waals surface area (Å²) in [4.78, 5) is 33.5. The number of nitrogens with zero attached hydrogens (tertiary/aromatic N) is 3. The zero-order valence-electron chi connectivity index (χ0n) is 17.3. The lowest BCUT2D eigenvalue weighted by Gasteiger charge is -2.32. The SMILES string of the molecule is Cc1ccc(N(CC(=O)Nc2ccc(-c3cocn3)cc2)C(=O)N2CCSCC2)cc1. The molecule has 1 aromatic heterocycles. The molecule has 31 heavy (non-hydrogen) atoms. The molecule has 3 aromatic rings. The summed E-state index contributed by atoms with van der Waals surface area (Å²) in [6, 6.07) is 14.9. The largest absolute Gasteiger partial charge is 0.451 e. The third kappa shape index (κ3) is 5.27. The number of nitrogens with one attached hydrogen (secondary N) is 1. The van der Waals surface area contributed by atoms with Crippen molar-refractivity contribution < 1.29 is 14.0 Å². The summed E-state index contributed by atoms with van der Waals surface area (Å²) in [7, 11) is 0. The van der Waals surface area contributed by atoms with Gasteiger partial charge >= 0.3 is 6.03 Å². The Morgan fingerprint density at radius 3 is 2.45 bits per heavy atom. The van der Waals surface area contributed by atoms with Crippen molar-refractivity contribution >= 4 is 35.1 Å². The van der Waals surface area contributed by atoms with Gasteiger partial charge in [0, 0.05) is 41.5 Å². The predicted molar refractivity (Wildman–Crippen MR) is 123 cm³/mol. The number of carbonyl (C=O) groups excluding carboxylic acids is 2. The van der Waals surface area contributed by atoms with E-state index in [2.05, 4.69) is 10.3 Å². The molecule has 0 aliphatic carbocycles. The topological polar surface area (TPSA) is 78.7 Å². The molecule has 2 heterocycles. The molecule has 0 unspecified atom stereocenters. The number of urea groups is 1. The lowest BCUT2D eigenvalue weighted by molar-refractivity contribution is -0.114. The lowest BCUT2D eigenvalue weighted by atomic mass is 10.1. The van der Waals surface area contributed by atoms with E-state index in [1.165, 1.54) is 6.39 Å². The number of hydrogen-bond acceptors (Lipinski definition) is 5. The van der Waals surface area contributed by atoms with Crippen LogP contribution in [0, 0.1) is 6.92 Å². The van der Waals surface area contributed by atoms with Crippen molar-refractivity contribution in [1.29, 1.82) is 0 Å². The Kier molecular flexibility index (Phi) is 6.57. The van der Waals surface area contributed by atoms with Crippen molar-refractivity contribution in [3.63, 3.8) is 0 Å². The number of anilines is 2. The van der Waals surface area contributed by atoms with Crippen LogP contribution in [-0.4, -0.2) is 53.0 Å². The van der Waals surface area contributed by atoms with Gasteiger partial charge in [-0.3, -0.25) is 9.69 Å². The Bertz CT molecular complexity index is 1010. The maximum absolute atomic E-state index is 13.2. The molecule has 3 amide bonds. The van der Waals surface area contributed by atoms with Crippen molar-refractivity contribution in [3.05, 3.63) is 66.8 Å². The summed E-state index contributed by atoms with van der Waals surface area (Å²) in [5.74, 6) is 1.57. The van der Waals surface area contributed by atoms with Crippen molar-refractivity contribution in [2.24, 2.45) is 0 Å². The number of oxazole rings is 1. The van der Waals surface area contributed by atoms with Crippen LogP contribution in [0.2, 0.25) is 0 Å². The quantitative estimate of drug-likeness (QED) is 0.646. The van der Waals surface area contributed by atoms with Crippen molar-refractivity contribution in [3.8, 4) is 11.3 Å². The van der Waals surface area contributed by atoms with E-state index in [1.54, 1.807) is 11.2 Å². The molecular formula is C23H24N4O3S. The third-order valence-corrected chi connectivity index (χ3v) is 6.00. The first-order chi connectivity index (χ1) is 15.1. The summed E-state index contributed by atoms with van der Waals surface area (Å²) >= 11 is 1.84. The van der Waals surface area contributed by atoms with Crippen LogP contribution in [0.3, 0.4) is 0 Å². The van der Waals surface area contributed by atoms with Gasteiger partial charge in [-0.1, -0.05) is 29.8 Å². The summed E-state index contributed by atoms with van der Waals surface area (Å²) in [6.07, 6.45) is 2.94. The Balaban J connectivity index is 1.47. The molecule has 0 spiro atoms. The highest BCUT2D eigenvalue weighted by molar-refractivity contribution is 7.99. The smallest absolute Gasteiger partial charge is 0.325 e. The molecule has 0 radical (unpaired) electrons. The van der Waals surface area contributed by atoms with Gasteiger partial charge in [-0.15, -0.1) is 0 Å². The number of aromatic nitrogens is 1. The molecule has 7 nitrogen and oxygen atoms in total. The van der Waals surface area contributed by atoms with E-state index in [-0.39, 0.29) is 18.5 Å². The molecule has 1 aliphatic rings. The van der Waals surface area contributed by atoms with E-state index in [4.69, 9.17) is 4.42 Å². The second kappa shape index (κ2) is 9.70. The summed E-state index contributed by atoms with van der Waals surface area (Å²) in [5, 5.41) is 2.88. The Hall–Kier alpha value is -3.26. The number of thioether (sulfide) groups is 1. The van der Waals surface area contributed by atoms with Gasteiger partial charge in [0.2, 0.25) is 5.91 Å². The molecule has 0 saturated carbocycles. The molecule has 1 fully saturated rings. The maximum Gasteiger partial charge on any atom is 0.325 e. The zero-order valence-corrected chi connectivity index (χ0v) is 18.1. The van der Waals surface area contributed by atoms with Crippen LogP contribution in [0.25, 0.3) is 11.3 Å². The van der Waals surface area contributed by atoms with Gasteiger partial charge in [0.15, 0.2) is 6.39 Å². The second-order valence-electron chi connectivity index (χ2n) is 7.30. The van der Waals surface area contributed by atoms with Crippen LogP contribution in [-0.2, 0) is 4.79 Å². The number of aryl methyl sites for hydroxylation is 1. The number of carbonyl (C=O) groups is 2. The van der Waals surface area contributed by atoms with Crippen LogP contribution >= 0.6 is 11.8 Å². The van der Waals surface area contributed by atoms with Gasteiger partial charge in [0.05, 0.1) is 0 Å². The molecule has 8 heteroatoms. The standard InChI is InChI=1S/C23H24N4O3S/c1-17-2-8-20(9-3-17)27(23(29)26-10-12-31-13-11-26)14-22(28)25-19-6-4-18(5-7-19)21-15-30-16-24-21/h2-9,15-16H,10-14H2,1H3,(H,25,28). The normalized spacial score (nSPS) is 13.6. The highest BCUT2D eigenvalue weighted by Gasteiger charge is 2.26. The van der Waals surface area contributed by atoms with E-state index in [9.17, 15) is 9.59 Å². The minimum Gasteiger partial charge on any atom is -0.451 e. The average molecular weight is 437 g/mol. The zero-order chi connectivity index (χ0) is 21.6. The third-order valence-electron chi connectivity index (χ3n) is 5.06. The summed E-state index contributed by atoms with van der Waals surface area (Å²) in [6.45, 7) is 3.32. The average Bonchev–Trinajstić information content (AvgIpc) is 3.34. The van der Waals surface area contributed by atoms with E-state index in [0.717, 1.165) is 28.3 Å².